The summed E-state index contributed by atoms with van der Waals surface area (Å²) in [5, 5.41) is 3.35. The molecule has 0 radical (unpaired) electrons. The zero-order valence-electron chi connectivity index (χ0n) is 11.4. The number of nitrogens with one attached hydrogen (secondary N) is 1. The van der Waals surface area contributed by atoms with E-state index in [1.807, 2.05) is 6.92 Å². The first-order valence-corrected chi connectivity index (χ1v) is 6.65. The maximum atomic E-state index is 13.1. The predicted octanol–water partition coefficient (Wildman–Crippen LogP) is 4.35. The van der Waals surface area contributed by atoms with E-state index in [1.54, 1.807) is 6.20 Å². The summed E-state index contributed by atoms with van der Waals surface area (Å²) in [7, 11) is 0. The number of pyridine rings is 1. The molecule has 1 heterocycles. The van der Waals surface area contributed by atoms with Crippen LogP contribution in [0, 0.1) is 5.82 Å². The van der Waals surface area contributed by atoms with E-state index < -0.39 is 0 Å². The molecule has 1 atom stereocenters. The maximum Gasteiger partial charge on any atom is 0.141 e. The molecule has 0 aliphatic rings. The van der Waals surface area contributed by atoms with Crippen molar-refractivity contribution in [3.05, 3.63) is 59.7 Å². The number of hydrogen-bond acceptors (Lipinski definition) is 2. The van der Waals surface area contributed by atoms with Crippen molar-refractivity contribution in [1.29, 1.82) is 0 Å². The molecule has 1 aromatic heterocycles. The van der Waals surface area contributed by atoms with Crippen LogP contribution in [0.4, 0.5) is 10.1 Å². The Morgan fingerprint density at radius 3 is 2.58 bits per heavy atom. The molecular formula is C16H19FN2. The summed E-state index contributed by atoms with van der Waals surface area (Å²) < 4.78 is 13.1. The van der Waals surface area contributed by atoms with Crippen molar-refractivity contribution in [2.24, 2.45) is 0 Å². The van der Waals surface area contributed by atoms with Crippen LogP contribution < -0.4 is 5.32 Å². The van der Waals surface area contributed by atoms with Gasteiger partial charge < -0.3 is 5.32 Å². The van der Waals surface area contributed by atoms with Crippen LogP contribution in [-0.4, -0.2) is 4.98 Å². The standard InChI is InChI=1S/C16H19FN2/c1-3-4-13-5-7-16(8-6-13)19-12(2)14-9-15(17)11-18-10-14/h5-12,19H,3-4H2,1-2H3. The van der Waals surface area contributed by atoms with Crippen LogP contribution in [0.2, 0.25) is 0 Å². The van der Waals surface area contributed by atoms with Gasteiger partial charge in [-0.15, -0.1) is 0 Å². The van der Waals surface area contributed by atoms with E-state index in [4.69, 9.17) is 0 Å². The molecule has 2 nitrogen and oxygen atoms in total. The van der Waals surface area contributed by atoms with Gasteiger partial charge in [0, 0.05) is 11.9 Å². The van der Waals surface area contributed by atoms with Gasteiger partial charge in [0.25, 0.3) is 0 Å². The lowest BCUT2D eigenvalue weighted by atomic mass is 10.1. The lowest BCUT2D eigenvalue weighted by Crippen LogP contribution is -2.07. The van der Waals surface area contributed by atoms with E-state index in [1.165, 1.54) is 17.8 Å². The number of aryl methyl sites for hydroxylation is 1. The molecule has 1 aromatic carbocycles. The lowest BCUT2D eigenvalue weighted by Gasteiger charge is -2.15. The van der Waals surface area contributed by atoms with E-state index in [9.17, 15) is 4.39 Å². The Bertz CT molecular complexity index is 523. The van der Waals surface area contributed by atoms with Crippen LogP contribution in [0.15, 0.2) is 42.7 Å². The quantitative estimate of drug-likeness (QED) is 0.862. The molecule has 0 spiro atoms. The van der Waals surface area contributed by atoms with Gasteiger partial charge in [0.05, 0.1) is 12.2 Å². The topological polar surface area (TPSA) is 24.9 Å². The predicted molar refractivity (Wildman–Crippen MR) is 76.7 cm³/mol. The van der Waals surface area contributed by atoms with Crippen LogP contribution >= 0.6 is 0 Å². The molecule has 0 aliphatic carbocycles. The first-order valence-electron chi connectivity index (χ1n) is 6.65. The SMILES string of the molecule is CCCc1ccc(NC(C)c2cncc(F)c2)cc1. The van der Waals surface area contributed by atoms with Crippen LogP contribution in [0.25, 0.3) is 0 Å². The summed E-state index contributed by atoms with van der Waals surface area (Å²) >= 11 is 0. The Balaban J connectivity index is 2.04. The number of halogens is 1. The average Bonchev–Trinajstić information content (AvgIpc) is 2.41. The molecule has 0 aliphatic heterocycles. The zero-order valence-corrected chi connectivity index (χ0v) is 11.4. The van der Waals surface area contributed by atoms with Crippen LogP contribution in [0.1, 0.15) is 37.4 Å². The normalized spacial score (nSPS) is 12.2. The highest BCUT2D eigenvalue weighted by Gasteiger charge is 2.06. The largest absolute Gasteiger partial charge is 0.378 e. The highest BCUT2D eigenvalue weighted by atomic mass is 19.1. The highest BCUT2D eigenvalue weighted by Crippen LogP contribution is 2.19. The van der Waals surface area contributed by atoms with E-state index in [2.05, 4.69) is 41.5 Å². The minimum atomic E-state index is -0.301. The Kier molecular flexibility index (Phi) is 4.50. The van der Waals surface area contributed by atoms with E-state index in [0.717, 1.165) is 24.1 Å². The summed E-state index contributed by atoms with van der Waals surface area (Å²) in [4.78, 5) is 3.87. The molecule has 0 saturated carbocycles. The second kappa shape index (κ2) is 6.32. The molecule has 2 aromatic rings. The summed E-state index contributed by atoms with van der Waals surface area (Å²) in [6.45, 7) is 4.17. The van der Waals surface area contributed by atoms with Crippen molar-refractivity contribution < 1.29 is 4.39 Å². The fourth-order valence-electron chi connectivity index (χ4n) is 2.05. The fraction of sp³-hybridized carbons (Fsp3) is 0.312. The van der Waals surface area contributed by atoms with E-state index in [0.29, 0.717) is 0 Å². The van der Waals surface area contributed by atoms with Crippen LogP contribution in [0.5, 0.6) is 0 Å². The number of benzene rings is 1. The van der Waals surface area contributed by atoms with E-state index >= 15 is 0 Å². The third-order valence-corrected chi connectivity index (χ3v) is 3.10. The highest BCUT2D eigenvalue weighted by molar-refractivity contribution is 5.46. The fourth-order valence-corrected chi connectivity index (χ4v) is 2.05. The summed E-state index contributed by atoms with van der Waals surface area (Å²) in [5.41, 5.74) is 3.22. The van der Waals surface area contributed by atoms with Gasteiger partial charge in [-0.05, 0) is 42.7 Å². The van der Waals surface area contributed by atoms with Crippen molar-refractivity contribution in [2.45, 2.75) is 32.7 Å². The van der Waals surface area contributed by atoms with Gasteiger partial charge in [0.15, 0.2) is 0 Å². The van der Waals surface area contributed by atoms with Gasteiger partial charge in [0.1, 0.15) is 5.82 Å². The lowest BCUT2D eigenvalue weighted by molar-refractivity contribution is 0.616. The number of rotatable bonds is 5. The Hall–Kier alpha value is -1.90. The molecule has 19 heavy (non-hydrogen) atoms. The molecule has 0 amide bonds. The van der Waals surface area contributed by atoms with Crippen molar-refractivity contribution in [1.82, 2.24) is 4.98 Å². The van der Waals surface area contributed by atoms with Gasteiger partial charge in [-0.25, -0.2) is 4.39 Å². The van der Waals surface area contributed by atoms with Gasteiger partial charge in [-0.2, -0.15) is 0 Å². The smallest absolute Gasteiger partial charge is 0.141 e. The number of aromatic nitrogens is 1. The van der Waals surface area contributed by atoms with Crippen molar-refractivity contribution in [3.63, 3.8) is 0 Å². The van der Waals surface area contributed by atoms with Gasteiger partial charge in [-0.3, -0.25) is 4.98 Å². The number of nitrogens with zero attached hydrogens (tertiary/aromatic N) is 1. The molecule has 2 rings (SSSR count). The molecule has 1 unspecified atom stereocenters. The van der Waals surface area contributed by atoms with Gasteiger partial charge in [0.2, 0.25) is 0 Å². The van der Waals surface area contributed by atoms with Crippen molar-refractivity contribution >= 4 is 5.69 Å². The maximum absolute atomic E-state index is 13.1. The van der Waals surface area contributed by atoms with Gasteiger partial charge in [-0.1, -0.05) is 25.5 Å². The monoisotopic (exact) mass is 258 g/mol. The number of anilines is 1. The molecule has 0 bridgehead atoms. The number of hydrogen-bond donors (Lipinski definition) is 1. The van der Waals surface area contributed by atoms with Crippen molar-refractivity contribution in [2.75, 3.05) is 5.32 Å². The summed E-state index contributed by atoms with van der Waals surface area (Å²) in [6.07, 6.45) is 5.16. The van der Waals surface area contributed by atoms with Crippen LogP contribution in [-0.2, 0) is 6.42 Å². The van der Waals surface area contributed by atoms with Crippen LogP contribution in [0.3, 0.4) is 0 Å². The zero-order chi connectivity index (χ0) is 13.7. The average molecular weight is 258 g/mol. The molecule has 0 fully saturated rings. The molecular weight excluding hydrogens is 239 g/mol. The first-order chi connectivity index (χ1) is 9.19. The molecule has 100 valence electrons. The Morgan fingerprint density at radius 2 is 1.95 bits per heavy atom. The van der Waals surface area contributed by atoms with E-state index in [-0.39, 0.29) is 11.9 Å². The second-order valence-corrected chi connectivity index (χ2v) is 4.75. The molecule has 3 heteroatoms. The molecule has 0 saturated heterocycles. The minimum absolute atomic E-state index is 0.0280. The Morgan fingerprint density at radius 1 is 1.21 bits per heavy atom. The first kappa shape index (κ1) is 13.5. The minimum Gasteiger partial charge on any atom is -0.378 e. The molecule has 1 N–H and O–H groups in total. The second-order valence-electron chi connectivity index (χ2n) is 4.75. The third kappa shape index (κ3) is 3.78. The van der Waals surface area contributed by atoms with Crippen molar-refractivity contribution in [3.8, 4) is 0 Å². The summed E-state index contributed by atoms with van der Waals surface area (Å²) in [6, 6.07) is 9.92. The van der Waals surface area contributed by atoms with Gasteiger partial charge >= 0.3 is 0 Å². The summed E-state index contributed by atoms with van der Waals surface area (Å²) in [5.74, 6) is -0.301. The third-order valence-electron chi connectivity index (χ3n) is 3.10. The Labute approximate surface area is 113 Å².